The van der Waals surface area contributed by atoms with Gasteiger partial charge in [0.05, 0.1) is 6.04 Å². The van der Waals surface area contributed by atoms with Crippen LogP contribution in [0.5, 0.6) is 0 Å². The first kappa shape index (κ1) is 21.2. The van der Waals surface area contributed by atoms with Crippen LogP contribution in [0, 0.1) is 17.6 Å². The molecule has 0 bridgehead atoms. The summed E-state index contributed by atoms with van der Waals surface area (Å²) >= 11 is 0. The average Bonchev–Trinajstić information content (AvgIpc) is 2.68. The normalized spacial score (nSPS) is 20.7. The predicted molar refractivity (Wildman–Crippen MR) is 107 cm³/mol. The van der Waals surface area contributed by atoms with Gasteiger partial charge >= 0.3 is 6.09 Å². The number of carbonyl (C=O) groups is 1. The smallest absolute Gasteiger partial charge is 0.410 e. The lowest BCUT2D eigenvalue weighted by molar-refractivity contribution is -0.0929. The molecule has 3 rings (SSSR count). The van der Waals surface area contributed by atoms with Crippen molar-refractivity contribution in [3.05, 3.63) is 59.7 Å². The van der Waals surface area contributed by atoms with Gasteiger partial charge in [-0.2, -0.15) is 0 Å². The van der Waals surface area contributed by atoms with Crippen LogP contribution in [-0.4, -0.2) is 34.9 Å². The summed E-state index contributed by atoms with van der Waals surface area (Å²) < 4.78 is 32.9. The largest absolute Gasteiger partial charge is 0.442 e. The third-order valence-corrected chi connectivity index (χ3v) is 5.99. The highest BCUT2D eigenvalue weighted by Gasteiger charge is 2.43. The number of hydrogen-bond acceptors (Lipinski definition) is 3. The Bertz CT molecular complexity index is 869. The van der Waals surface area contributed by atoms with Crippen LogP contribution in [-0.2, 0) is 4.74 Å². The van der Waals surface area contributed by atoms with Crippen molar-refractivity contribution in [3.8, 4) is 11.1 Å². The average molecular weight is 403 g/mol. The Labute approximate surface area is 170 Å². The molecule has 1 aliphatic rings. The molecule has 156 valence electrons. The summed E-state index contributed by atoms with van der Waals surface area (Å²) in [6.07, 6.45) is 0.691. The van der Waals surface area contributed by atoms with Gasteiger partial charge in [0.25, 0.3) is 0 Å². The summed E-state index contributed by atoms with van der Waals surface area (Å²) in [6, 6.07) is 10.5. The van der Waals surface area contributed by atoms with E-state index in [1.807, 2.05) is 32.9 Å². The van der Waals surface area contributed by atoms with Gasteiger partial charge in [0.1, 0.15) is 17.2 Å². The van der Waals surface area contributed by atoms with Crippen molar-refractivity contribution >= 4 is 6.09 Å². The molecule has 2 aromatic rings. The first-order valence-corrected chi connectivity index (χ1v) is 9.93. The first-order valence-electron chi connectivity index (χ1n) is 9.93. The van der Waals surface area contributed by atoms with E-state index in [1.54, 1.807) is 17.0 Å². The highest BCUT2D eigenvalue weighted by molar-refractivity contribution is 5.70. The van der Waals surface area contributed by atoms with Gasteiger partial charge in [-0.05, 0) is 36.1 Å². The van der Waals surface area contributed by atoms with Crippen molar-refractivity contribution in [1.29, 1.82) is 0 Å². The van der Waals surface area contributed by atoms with Gasteiger partial charge in [0, 0.05) is 37.6 Å². The van der Waals surface area contributed by atoms with Gasteiger partial charge in [0.15, 0.2) is 0 Å². The van der Waals surface area contributed by atoms with E-state index >= 15 is 0 Å². The summed E-state index contributed by atoms with van der Waals surface area (Å²) in [5.74, 6) is -1.11. The second-order valence-electron chi connectivity index (χ2n) is 7.93. The van der Waals surface area contributed by atoms with Crippen LogP contribution in [0.4, 0.5) is 13.6 Å². The number of aliphatic hydroxyl groups is 1. The van der Waals surface area contributed by atoms with Crippen molar-refractivity contribution in [1.82, 2.24) is 4.90 Å². The number of rotatable bonds is 6. The van der Waals surface area contributed by atoms with Crippen molar-refractivity contribution in [2.75, 3.05) is 13.2 Å². The fourth-order valence-electron chi connectivity index (χ4n) is 3.94. The first-order chi connectivity index (χ1) is 13.8. The van der Waals surface area contributed by atoms with E-state index < -0.39 is 17.2 Å². The zero-order chi connectivity index (χ0) is 21.2. The Morgan fingerprint density at radius 3 is 2.38 bits per heavy atom. The lowest BCUT2D eigenvalue weighted by Gasteiger charge is -2.45. The molecule has 1 amide bonds. The molecule has 0 spiro atoms. The van der Waals surface area contributed by atoms with Crippen LogP contribution in [0.3, 0.4) is 0 Å². The maximum atomic E-state index is 14.0. The highest BCUT2D eigenvalue weighted by atomic mass is 19.1. The SMILES string of the molecule is CC(C)[C@@]1(CCO)CCN([C@@H](C)c2ccc(-c3ccc(F)cc3F)cc2)C(=O)O1. The second kappa shape index (κ2) is 8.49. The molecule has 0 aromatic heterocycles. The lowest BCUT2D eigenvalue weighted by Crippen LogP contribution is -2.53. The van der Waals surface area contributed by atoms with E-state index in [1.165, 1.54) is 12.1 Å². The van der Waals surface area contributed by atoms with E-state index in [4.69, 9.17) is 4.74 Å². The van der Waals surface area contributed by atoms with Crippen molar-refractivity contribution < 1.29 is 23.4 Å². The molecule has 4 nitrogen and oxygen atoms in total. The number of benzene rings is 2. The molecule has 0 unspecified atom stereocenters. The number of nitrogens with zero attached hydrogens (tertiary/aromatic N) is 1. The van der Waals surface area contributed by atoms with Gasteiger partial charge in [-0.25, -0.2) is 13.6 Å². The van der Waals surface area contributed by atoms with Crippen molar-refractivity contribution in [2.45, 2.75) is 45.3 Å². The Hall–Kier alpha value is -2.47. The number of amides is 1. The summed E-state index contributed by atoms with van der Waals surface area (Å²) in [4.78, 5) is 14.4. The van der Waals surface area contributed by atoms with Crippen LogP contribution in [0.15, 0.2) is 42.5 Å². The molecule has 0 radical (unpaired) electrons. The fourth-order valence-corrected chi connectivity index (χ4v) is 3.94. The molecule has 6 heteroatoms. The minimum absolute atomic E-state index is 0.0254. The molecule has 1 N–H and O–H groups in total. The number of cyclic esters (lactones) is 1. The Morgan fingerprint density at radius 2 is 1.83 bits per heavy atom. The Morgan fingerprint density at radius 1 is 1.14 bits per heavy atom. The van der Waals surface area contributed by atoms with Crippen LogP contribution < -0.4 is 0 Å². The van der Waals surface area contributed by atoms with Crippen LogP contribution in [0.1, 0.15) is 45.2 Å². The molecule has 29 heavy (non-hydrogen) atoms. The van der Waals surface area contributed by atoms with E-state index in [0.29, 0.717) is 30.5 Å². The minimum atomic E-state index is -0.633. The van der Waals surface area contributed by atoms with Crippen LogP contribution in [0.2, 0.25) is 0 Å². The van der Waals surface area contributed by atoms with Crippen molar-refractivity contribution in [3.63, 3.8) is 0 Å². The number of carbonyl (C=O) groups excluding carboxylic acids is 1. The fraction of sp³-hybridized carbons (Fsp3) is 0.435. The Balaban J connectivity index is 1.75. The van der Waals surface area contributed by atoms with Gasteiger partial charge in [-0.3, -0.25) is 0 Å². The van der Waals surface area contributed by atoms with Gasteiger partial charge in [0.2, 0.25) is 0 Å². The zero-order valence-corrected chi connectivity index (χ0v) is 17.0. The van der Waals surface area contributed by atoms with Crippen LogP contribution >= 0.6 is 0 Å². The van der Waals surface area contributed by atoms with Crippen molar-refractivity contribution in [2.24, 2.45) is 5.92 Å². The molecule has 1 saturated heterocycles. The number of aliphatic hydroxyl groups excluding tert-OH is 1. The molecule has 1 heterocycles. The molecule has 2 atom stereocenters. The minimum Gasteiger partial charge on any atom is -0.442 e. The monoisotopic (exact) mass is 403 g/mol. The third-order valence-electron chi connectivity index (χ3n) is 5.99. The maximum absolute atomic E-state index is 14.0. The summed E-state index contributed by atoms with van der Waals surface area (Å²) in [7, 11) is 0. The highest BCUT2D eigenvalue weighted by Crippen LogP contribution is 2.37. The summed E-state index contributed by atoms with van der Waals surface area (Å²) in [6.45, 7) is 6.42. The molecular weight excluding hydrogens is 376 g/mol. The predicted octanol–water partition coefficient (Wildman–Crippen LogP) is 5.31. The molecule has 1 fully saturated rings. The summed E-state index contributed by atoms with van der Waals surface area (Å²) in [5.41, 5.74) is 1.23. The standard InChI is InChI=1S/C23H27F2NO3/c1-15(2)23(11-13-27)10-12-26(22(28)29-23)16(3)17-4-6-18(7-5-17)20-9-8-19(24)14-21(20)25/h4-9,14-16,27H,10-13H2,1-3H3/t16-,23-/m0/s1. The molecule has 0 saturated carbocycles. The van der Waals surface area contributed by atoms with E-state index in [0.717, 1.165) is 11.6 Å². The summed E-state index contributed by atoms with van der Waals surface area (Å²) in [5, 5.41) is 9.37. The van der Waals surface area contributed by atoms with Gasteiger partial charge in [-0.1, -0.05) is 38.1 Å². The van der Waals surface area contributed by atoms with E-state index in [2.05, 4.69) is 0 Å². The zero-order valence-electron chi connectivity index (χ0n) is 17.0. The molecular formula is C23H27F2NO3. The number of ether oxygens (including phenoxy) is 1. The van der Waals surface area contributed by atoms with Gasteiger partial charge in [-0.15, -0.1) is 0 Å². The molecule has 1 aliphatic heterocycles. The van der Waals surface area contributed by atoms with E-state index in [-0.39, 0.29) is 24.7 Å². The third kappa shape index (κ3) is 4.27. The second-order valence-corrected chi connectivity index (χ2v) is 7.93. The maximum Gasteiger partial charge on any atom is 0.410 e. The quantitative estimate of drug-likeness (QED) is 0.711. The number of halogens is 2. The lowest BCUT2D eigenvalue weighted by atomic mass is 9.83. The number of hydrogen-bond donors (Lipinski definition) is 1. The van der Waals surface area contributed by atoms with Gasteiger partial charge < -0.3 is 14.7 Å². The van der Waals surface area contributed by atoms with Crippen LogP contribution in [0.25, 0.3) is 11.1 Å². The molecule has 2 aromatic carbocycles. The van der Waals surface area contributed by atoms with E-state index in [9.17, 15) is 18.7 Å². The topological polar surface area (TPSA) is 49.8 Å². The molecule has 0 aliphatic carbocycles. The Kier molecular flexibility index (Phi) is 6.22.